The maximum atomic E-state index is 13.3. The van der Waals surface area contributed by atoms with Crippen molar-refractivity contribution in [2.75, 3.05) is 11.1 Å². The molecule has 0 amide bonds. The second-order valence-electron chi connectivity index (χ2n) is 5.60. The maximum Gasteiger partial charge on any atom is 0.215 e. The summed E-state index contributed by atoms with van der Waals surface area (Å²) in [6, 6.07) is 8.46. The predicted molar refractivity (Wildman–Crippen MR) is 93.5 cm³/mol. The van der Waals surface area contributed by atoms with Crippen molar-refractivity contribution >= 4 is 11.5 Å². The molecule has 3 aromatic heterocycles. The van der Waals surface area contributed by atoms with Gasteiger partial charge in [-0.25, -0.2) is 9.97 Å². The Balaban J connectivity index is 1.61. The highest BCUT2D eigenvalue weighted by Gasteiger charge is 2.03. The number of nitrogens with one attached hydrogen (secondary N) is 1. The minimum atomic E-state index is -0.598. The van der Waals surface area contributed by atoms with Gasteiger partial charge in [0.25, 0.3) is 0 Å². The molecule has 0 aliphatic carbocycles. The van der Waals surface area contributed by atoms with Crippen LogP contribution in [0.1, 0.15) is 16.8 Å². The van der Waals surface area contributed by atoms with E-state index in [1.165, 1.54) is 6.07 Å². The molecular formula is C18H18FN5O. The zero-order valence-corrected chi connectivity index (χ0v) is 13.7. The van der Waals surface area contributed by atoms with Crippen LogP contribution < -0.4 is 15.8 Å². The Kier molecular flexibility index (Phi) is 5.03. The van der Waals surface area contributed by atoms with E-state index in [9.17, 15) is 4.39 Å². The van der Waals surface area contributed by atoms with Crippen molar-refractivity contribution in [3.8, 4) is 5.75 Å². The van der Waals surface area contributed by atoms with Crippen LogP contribution in [0.5, 0.6) is 5.75 Å². The SMILES string of the molecule is Cc1cncc(OCc2ccnc(NCc3cc(N)cc(F)n3)c2)c1. The number of anilines is 2. The molecule has 0 fully saturated rings. The zero-order chi connectivity index (χ0) is 17.6. The number of rotatable bonds is 6. The number of nitrogens with two attached hydrogens (primary N) is 1. The monoisotopic (exact) mass is 339 g/mol. The number of hydrogen-bond donors (Lipinski definition) is 2. The van der Waals surface area contributed by atoms with E-state index in [0.29, 0.717) is 36.1 Å². The Labute approximate surface area is 144 Å². The van der Waals surface area contributed by atoms with Gasteiger partial charge in [0.15, 0.2) is 0 Å². The number of pyridine rings is 3. The molecule has 0 bridgehead atoms. The van der Waals surface area contributed by atoms with Gasteiger partial charge in [-0.05, 0) is 42.3 Å². The summed E-state index contributed by atoms with van der Waals surface area (Å²) in [6.45, 7) is 2.68. The lowest BCUT2D eigenvalue weighted by Gasteiger charge is -2.09. The smallest absolute Gasteiger partial charge is 0.215 e. The first-order valence-electron chi connectivity index (χ1n) is 7.74. The van der Waals surface area contributed by atoms with E-state index in [0.717, 1.165) is 11.1 Å². The van der Waals surface area contributed by atoms with Crippen LogP contribution in [0, 0.1) is 12.9 Å². The number of aryl methyl sites for hydroxylation is 1. The number of nitrogen functional groups attached to an aromatic ring is 1. The van der Waals surface area contributed by atoms with Crippen LogP contribution in [0.3, 0.4) is 0 Å². The number of aromatic nitrogens is 3. The Morgan fingerprint density at radius 3 is 2.88 bits per heavy atom. The van der Waals surface area contributed by atoms with Crippen LogP contribution in [-0.2, 0) is 13.2 Å². The molecular weight excluding hydrogens is 321 g/mol. The largest absolute Gasteiger partial charge is 0.487 e. The van der Waals surface area contributed by atoms with Gasteiger partial charge in [0.05, 0.1) is 18.4 Å². The Bertz CT molecular complexity index is 851. The average Bonchev–Trinajstić information content (AvgIpc) is 2.58. The second-order valence-corrected chi connectivity index (χ2v) is 5.60. The first kappa shape index (κ1) is 16.6. The molecule has 128 valence electrons. The summed E-state index contributed by atoms with van der Waals surface area (Å²) in [7, 11) is 0. The summed E-state index contributed by atoms with van der Waals surface area (Å²) < 4.78 is 19.0. The van der Waals surface area contributed by atoms with Gasteiger partial charge in [-0.15, -0.1) is 0 Å². The molecule has 6 nitrogen and oxygen atoms in total. The maximum absolute atomic E-state index is 13.3. The van der Waals surface area contributed by atoms with E-state index < -0.39 is 5.95 Å². The fourth-order valence-electron chi connectivity index (χ4n) is 2.28. The molecule has 0 saturated carbocycles. The van der Waals surface area contributed by atoms with E-state index in [2.05, 4.69) is 20.3 Å². The molecule has 0 aliphatic rings. The van der Waals surface area contributed by atoms with Gasteiger partial charge < -0.3 is 15.8 Å². The van der Waals surface area contributed by atoms with Gasteiger partial charge in [0.2, 0.25) is 5.95 Å². The minimum Gasteiger partial charge on any atom is -0.487 e. The lowest BCUT2D eigenvalue weighted by atomic mass is 10.2. The third kappa shape index (κ3) is 4.87. The lowest BCUT2D eigenvalue weighted by Crippen LogP contribution is -2.06. The molecule has 3 aromatic rings. The van der Waals surface area contributed by atoms with Crippen LogP contribution in [0.2, 0.25) is 0 Å². The molecule has 3 N–H and O–H groups in total. The minimum absolute atomic E-state index is 0.321. The molecule has 0 saturated heterocycles. The Morgan fingerprint density at radius 2 is 2.08 bits per heavy atom. The summed E-state index contributed by atoms with van der Waals surface area (Å²) in [5, 5.41) is 3.10. The summed E-state index contributed by atoms with van der Waals surface area (Å²) in [5.74, 6) is 0.762. The highest BCUT2D eigenvalue weighted by molar-refractivity contribution is 5.41. The average molecular weight is 339 g/mol. The van der Waals surface area contributed by atoms with Gasteiger partial charge in [-0.1, -0.05) is 0 Å². The number of ether oxygens (including phenoxy) is 1. The lowest BCUT2D eigenvalue weighted by molar-refractivity contribution is 0.304. The van der Waals surface area contributed by atoms with Gasteiger partial charge in [-0.3, -0.25) is 4.98 Å². The van der Waals surface area contributed by atoms with E-state index in [1.807, 2.05) is 25.1 Å². The van der Waals surface area contributed by atoms with Crippen molar-refractivity contribution < 1.29 is 9.13 Å². The zero-order valence-electron chi connectivity index (χ0n) is 13.7. The molecule has 0 aliphatic heterocycles. The van der Waals surface area contributed by atoms with Gasteiger partial charge in [-0.2, -0.15) is 4.39 Å². The van der Waals surface area contributed by atoms with E-state index in [-0.39, 0.29) is 0 Å². The molecule has 0 unspecified atom stereocenters. The summed E-state index contributed by atoms with van der Waals surface area (Å²) >= 11 is 0. The third-order valence-corrected chi connectivity index (χ3v) is 3.40. The van der Waals surface area contributed by atoms with Crippen LogP contribution in [-0.4, -0.2) is 15.0 Å². The highest BCUT2D eigenvalue weighted by Crippen LogP contribution is 2.15. The van der Waals surface area contributed by atoms with Crippen LogP contribution >= 0.6 is 0 Å². The normalized spacial score (nSPS) is 10.5. The number of hydrogen-bond acceptors (Lipinski definition) is 6. The fraction of sp³-hybridized carbons (Fsp3) is 0.167. The van der Waals surface area contributed by atoms with Crippen molar-refractivity contribution in [1.29, 1.82) is 0 Å². The van der Waals surface area contributed by atoms with Crippen LogP contribution in [0.25, 0.3) is 0 Å². The molecule has 0 radical (unpaired) electrons. The molecule has 0 atom stereocenters. The fourth-order valence-corrected chi connectivity index (χ4v) is 2.28. The van der Waals surface area contributed by atoms with Gasteiger partial charge in [0.1, 0.15) is 18.2 Å². The van der Waals surface area contributed by atoms with Crippen molar-refractivity contribution in [3.63, 3.8) is 0 Å². The van der Waals surface area contributed by atoms with E-state index in [1.54, 1.807) is 24.7 Å². The van der Waals surface area contributed by atoms with Crippen LogP contribution in [0.4, 0.5) is 15.9 Å². The topological polar surface area (TPSA) is 86.0 Å². The Morgan fingerprint density at radius 1 is 1.20 bits per heavy atom. The molecule has 7 heteroatoms. The summed E-state index contributed by atoms with van der Waals surface area (Å²) in [5.41, 5.74) is 8.45. The quantitative estimate of drug-likeness (QED) is 0.671. The predicted octanol–water partition coefficient (Wildman–Crippen LogP) is 3.09. The molecule has 0 spiro atoms. The van der Waals surface area contributed by atoms with Gasteiger partial charge >= 0.3 is 0 Å². The van der Waals surface area contributed by atoms with E-state index >= 15 is 0 Å². The van der Waals surface area contributed by atoms with E-state index in [4.69, 9.17) is 10.5 Å². The highest BCUT2D eigenvalue weighted by atomic mass is 19.1. The Hall–Kier alpha value is -3.22. The van der Waals surface area contributed by atoms with Crippen molar-refractivity contribution in [2.45, 2.75) is 20.1 Å². The standard InChI is InChI=1S/C18H18FN5O/c1-12-4-16(10-21-8-12)25-11-13-2-3-22-18(5-13)23-9-15-6-14(20)7-17(19)24-15/h2-8,10H,9,11H2,1H3,(H2,20,24)(H,22,23). The van der Waals surface area contributed by atoms with Gasteiger partial charge in [0, 0.05) is 24.1 Å². The molecule has 0 aromatic carbocycles. The number of halogens is 1. The second kappa shape index (κ2) is 7.57. The molecule has 3 heterocycles. The number of nitrogens with zero attached hydrogens (tertiary/aromatic N) is 3. The summed E-state index contributed by atoms with van der Waals surface area (Å²) in [6.07, 6.45) is 5.13. The molecule has 3 rings (SSSR count). The van der Waals surface area contributed by atoms with Crippen molar-refractivity contribution in [3.05, 3.63) is 71.7 Å². The van der Waals surface area contributed by atoms with Crippen molar-refractivity contribution in [2.24, 2.45) is 0 Å². The van der Waals surface area contributed by atoms with Crippen LogP contribution in [0.15, 0.2) is 48.9 Å². The summed E-state index contributed by atoms with van der Waals surface area (Å²) in [4.78, 5) is 12.1. The molecule has 25 heavy (non-hydrogen) atoms. The first-order chi connectivity index (χ1) is 12.1. The van der Waals surface area contributed by atoms with Crippen molar-refractivity contribution in [1.82, 2.24) is 15.0 Å². The first-order valence-corrected chi connectivity index (χ1v) is 7.74. The third-order valence-electron chi connectivity index (χ3n) is 3.40.